The monoisotopic (exact) mass is 346 g/mol. The van der Waals surface area contributed by atoms with Crippen LogP contribution >= 0.6 is 0 Å². The Hall–Kier alpha value is -1.70. The molecule has 0 aliphatic carbocycles. The number of halogens is 2. The topological polar surface area (TPSA) is 66.5 Å². The molecule has 0 saturated carbocycles. The van der Waals surface area contributed by atoms with Crippen molar-refractivity contribution < 1.29 is 22.0 Å². The number of rotatable bonds is 2. The van der Waals surface area contributed by atoms with Crippen molar-refractivity contribution in [1.82, 2.24) is 10.2 Å². The lowest BCUT2D eigenvalue weighted by Gasteiger charge is -2.26. The van der Waals surface area contributed by atoms with Gasteiger partial charge in [0.25, 0.3) is 0 Å². The Kier molecular flexibility index (Phi) is 5.23. The normalized spacial score (nSPS) is 20.9. The van der Waals surface area contributed by atoms with Crippen LogP contribution in [0.4, 0.5) is 13.6 Å². The first-order chi connectivity index (χ1) is 10.7. The van der Waals surface area contributed by atoms with Gasteiger partial charge in [0, 0.05) is 18.2 Å². The molecule has 0 spiro atoms. The Morgan fingerprint density at radius 3 is 2.52 bits per heavy atom. The van der Waals surface area contributed by atoms with Crippen LogP contribution in [0.5, 0.6) is 0 Å². The fourth-order valence-corrected chi connectivity index (χ4v) is 3.91. The van der Waals surface area contributed by atoms with Crippen LogP contribution in [0, 0.1) is 18.6 Å². The molecule has 0 radical (unpaired) electrons. The highest BCUT2D eigenvalue weighted by Gasteiger charge is 2.27. The fraction of sp³-hybridized carbons (Fsp3) is 0.533. The number of carbonyl (C=O) groups excluding carboxylic acids is 1. The predicted molar refractivity (Wildman–Crippen MR) is 82.8 cm³/mol. The number of benzene rings is 1. The second-order valence-electron chi connectivity index (χ2n) is 5.85. The van der Waals surface area contributed by atoms with Gasteiger partial charge in [-0.2, -0.15) is 0 Å². The van der Waals surface area contributed by atoms with Crippen molar-refractivity contribution >= 4 is 15.9 Å². The third-order valence-electron chi connectivity index (χ3n) is 3.98. The van der Waals surface area contributed by atoms with Crippen molar-refractivity contribution in [1.29, 1.82) is 0 Å². The van der Waals surface area contributed by atoms with Crippen LogP contribution in [0.2, 0.25) is 0 Å². The van der Waals surface area contributed by atoms with Crippen molar-refractivity contribution in [3.8, 4) is 0 Å². The second-order valence-corrected chi connectivity index (χ2v) is 8.15. The summed E-state index contributed by atoms with van der Waals surface area (Å²) in [4.78, 5) is 13.6. The molecule has 1 aliphatic heterocycles. The molecule has 5 nitrogen and oxygen atoms in total. The summed E-state index contributed by atoms with van der Waals surface area (Å²) in [6.45, 7) is 3.13. The molecule has 128 valence electrons. The molecule has 8 heteroatoms. The molecule has 0 bridgehead atoms. The van der Waals surface area contributed by atoms with Crippen LogP contribution in [0.1, 0.15) is 24.5 Å². The average Bonchev–Trinajstić information content (AvgIpc) is 2.56. The van der Waals surface area contributed by atoms with E-state index >= 15 is 0 Å². The average molecular weight is 346 g/mol. The molecule has 1 saturated heterocycles. The third kappa shape index (κ3) is 4.40. The summed E-state index contributed by atoms with van der Waals surface area (Å²) in [5.74, 6) is -1.49. The van der Waals surface area contributed by atoms with E-state index in [-0.39, 0.29) is 36.2 Å². The Balaban J connectivity index is 2.05. The van der Waals surface area contributed by atoms with Crippen molar-refractivity contribution in [2.75, 3.05) is 18.1 Å². The van der Waals surface area contributed by atoms with Crippen molar-refractivity contribution in [2.45, 2.75) is 32.9 Å². The zero-order chi connectivity index (χ0) is 17.2. The highest BCUT2D eigenvalue weighted by Crippen LogP contribution is 2.16. The fourth-order valence-electron chi connectivity index (χ4n) is 2.53. The molecule has 1 atom stereocenters. The van der Waals surface area contributed by atoms with Gasteiger partial charge in [0.2, 0.25) is 0 Å². The lowest BCUT2D eigenvalue weighted by Crippen LogP contribution is -2.45. The molecule has 0 aromatic heterocycles. The van der Waals surface area contributed by atoms with E-state index in [0.717, 1.165) is 0 Å². The number of hydrogen-bond acceptors (Lipinski definition) is 3. The minimum Gasteiger partial charge on any atom is -0.334 e. The van der Waals surface area contributed by atoms with Crippen LogP contribution < -0.4 is 5.32 Å². The molecule has 1 aliphatic rings. The van der Waals surface area contributed by atoms with E-state index in [9.17, 15) is 22.0 Å². The van der Waals surface area contributed by atoms with Gasteiger partial charge in [-0.05, 0) is 38.0 Å². The number of nitrogens with zero attached hydrogens (tertiary/aromatic N) is 1. The first kappa shape index (κ1) is 17.7. The van der Waals surface area contributed by atoms with E-state index in [1.54, 1.807) is 13.8 Å². The number of hydrogen-bond donors (Lipinski definition) is 1. The maximum Gasteiger partial charge on any atom is 0.317 e. The van der Waals surface area contributed by atoms with Crippen molar-refractivity contribution in [3.63, 3.8) is 0 Å². The summed E-state index contributed by atoms with van der Waals surface area (Å²) in [5.41, 5.74) is 0.250. The van der Waals surface area contributed by atoms with Gasteiger partial charge in [-0.3, -0.25) is 0 Å². The first-order valence-corrected chi connectivity index (χ1v) is 9.21. The smallest absolute Gasteiger partial charge is 0.317 e. The lowest BCUT2D eigenvalue weighted by atomic mass is 10.1. The van der Waals surface area contributed by atoms with E-state index in [0.29, 0.717) is 12.0 Å². The molecule has 1 fully saturated rings. The predicted octanol–water partition coefficient (Wildman–Crippen LogP) is 1.99. The van der Waals surface area contributed by atoms with Gasteiger partial charge in [-0.15, -0.1) is 0 Å². The molecule has 1 aromatic rings. The van der Waals surface area contributed by atoms with Crippen molar-refractivity contribution in [3.05, 3.63) is 34.9 Å². The van der Waals surface area contributed by atoms with E-state index in [1.807, 2.05) is 0 Å². The summed E-state index contributed by atoms with van der Waals surface area (Å²) in [7, 11) is -3.15. The number of aryl methyl sites for hydroxylation is 1. The van der Waals surface area contributed by atoms with Crippen LogP contribution in [0.25, 0.3) is 0 Å². The molecule has 23 heavy (non-hydrogen) atoms. The first-order valence-electron chi connectivity index (χ1n) is 7.39. The number of amides is 2. The van der Waals surface area contributed by atoms with Gasteiger partial charge in [-0.25, -0.2) is 22.0 Å². The van der Waals surface area contributed by atoms with Crippen LogP contribution in [-0.2, 0) is 16.4 Å². The summed E-state index contributed by atoms with van der Waals surface area (Å²) in [5, 5.41) is 2.47. The van der Waals surface area contributed by atoms with Crippen LogP contribution in [-0.4, -0.2) is 43.4 Å². The zero-order valence-electron chi connectivity index (χ0n) is 13.1. The summed E-state index contributed by atoms with van der Waals surface area (Å²) < 4.78 is 50.8. The van der Waals surface area contributed by atoms with Crippen LogP contribution in [0.3, 0.4) is 0 Å². The maximum absolute atomic E-state index is 13.8. The maximum atomic E-state index is 13.8. The van der Waals surface area contributed by atoms with E-state index in [4.69, 9.17) is 0 Å². The van der Waals surface area contributed by atoms with Gasteiger partial charge in [0.15, 0.2) is 9.84 Å². The summed E-state index contributed by atoms with van der Waals surface area (Å²) in [6.07, 6.45) is 0.350. The van der Waals surface area contributed by atoms with E-state index in [2.05, 4.69) is 5.32 Å². The molecule has 1 unspecified atom stereocenters. The minimum atomic E-state index is -3.15. The highest BCUT2D eigenvalue weighted by atomic mass is 32.2. The quantitative estimate of drug-likeness (QED) is 0.891. The highest BCUT2D eigenvalue weighted by molar-refractivity contribution is 7.91. The Labute approximate surface area is 134 Å². The number of nitrogens with one attached hydrogen (secondary N) is 1. The van der Waals surface area contributed by atoms with Crippen LogP contribution in [0.15, 0.2) is 12.1 Å². The third-order valence-corrected chi connectivity index (χ3v) is 5.65. The Morgan fingerprint density at radius 2 is 1.91 bits per heavy atom. The molecule has 1 aromatic carbocycles. The molecular weight excluding hydrogens is 326 g/mol. The van der Waals surface area contributed by atoms with Gasteiger partial charge < -0.3 is 10.2 Å². The largest absolute Gasteiger partial charge is 0.334 e. The Morgan fingerprint density at radius 1 is 1.30 bits per heavy atom. The second kappa shape index (κ2) is 6.82. The SMILES string of the molecule is Cc1cc(F)c(CNC(=O)N2CCS(=O)(=O)CCC2C)c(F)c1. The molecule has 1 N–H and O–H groups in total. The zero-order valence-corrected chi connectivity index (χ0v) is 13.9. The van der Waals surface area contributed by atoms with E-state index < -0.39 is 27.5 Å². The van der Waals surface area contributed by atoms with Gasteiger partial charge in [-0.1, -0.05) is 0 Å². The minimum absolute atomic E-state index is 0.0408. The van der Waals surface area contributed by atoms with Gasteiger partial charge in [0.05, 0.1) is 18.1 Å². The number of carbonyl (C=O) groups is 1. The molecule has 1 heterocycles. The number of sulfone groups is 1. The Bertz CT molecular complexity index is 684. The van der Waals surface area contributed by atoms with Gasteiger partial charge in [0.1, 0.15) is 11.6 Å². The summed E-state index contributed by atoms with van der Waals surface area (Å²) >= 11 is 0. The van der Waals surface area contributed by atoms with Gasteiger partial charge >= 0.3 is 6.03 Å². The lowest BCUT2D eigenvalue weighted by molar-refractivity contribution is 0.182. The summed E-state index contributed by atoms with van der Waals surface area (Å²) in [6, 6.07) is 1.63. The molecule has 2 rings (SSSR count). The van der Waals surface area contributed by atoms with Crippen molar-refractivity contribution in [2.24, 2.45) is 0 Å². The number of urea groups is 1. The molecule has 2 amide bonds. The molecular formula is C15H20F2N2O3S. The standard InChI is InChI=1S/C15H20F2N2O3S/c1-10-7-13(16)12(14(17)8-10)9-18-15(20)19-4-6-23(21,22)5-3-11(19)2/h7-8,11H,3-6,9H2,1-2H3,(H,18,20). The van der Waals surface area contributed by atoms with E-state index in [1.165, 1.54) is 17.0 Å².